The molecule has 0 radical (unpaired) electrons. The molecule has 3 aromatic rings. The lowest BCUT2D eigenvalue weighted by atomic mass is 10.2. The number of hydrogen-bond donors (Lipinski definition) is 2. The summed E-state index contributed by atoms with van der Waals surface area (Å²) < 4.78 is 5.43. The molecule has 2 aromatic heterocycles. The summed E-state index contributed by atoms with van der Waals surface area (Å²) in [6, 6.07) is 9.58. The van der Waals surface area contributed by atoms with Crippen molar-refractivity contribution in [1.82, 2.24) is 9.97 Å². The number of carbonyl (C=O) groups is 1. The van der Waals surface area contributed by atoms with Gasteiger partial charge in [0.1, 0.15) is 28.5 Å². The van der Waals surface area contributed by atoms with Crippen molar-refractivity contribution in [3.05, 3.63) is 52.7 Å². The zero-order valence-electron chi connectivity index (χ0n) is 13.9. The summed E-state index contributed by atoms with van der Waals surface area (Å²) in [5.74, 6) is 0.319. The van der Waals surface area contributed by atoms with Crippen molar-refractivity contribution >= 4 is 33.3 Å². The van der Waals surface area contributed by atoms with Crippen molar-refractivity contribution in [2.45, 2.75) is 20.0 Å². The van der Waals surface area contributed by atoms with E-state index in [2.05, 4.69) is 15.3 Å². The lowest BCUT2D eigenvalue weighted by Gasteiger charge is -2.06. The fourth-order valence-electron chi connectivity index (χ4n) is 2.47. The highest BCUT2D eigenvalue weighted by Crippen LogP contribution is 2.33. The number of rotatable bonds is 7. The van der Waals surface area contributed by atoms with Crippen LogP contribution in [0.1, 0.15) is 27.2 Å². The zero-order valence-corrected chi connectivity index (χ0v) is 14.7. The number of esters is 1. The van der Waals surface area contributed by atoms with Crippen LogP contribution in [0.4, 0.5) is 5.82 Å². The number of nitrogens with zero attached hydrogens (tertiary/aromatic N) is 2. The first-order valence-electron chi connectivity index (χ1n) is 8.00. The van der Waals surface area contributed by atoms with Gasteiger partial charge in [0.25, 0.3) is 0 Å². The van der Waals surface area contributed by atoms with Gasteiger partial charge < -0.3 is 15.2 Å². The molecule has 0 spiro atoms. The number of fused-ring (bicyclic) bond motifs is 1. The van der Waals surface area contributed by atoms with Gasteiger partial charge in [0.15, 0.2) is 0 Å². The van der Waals surface area contributed by atoms with Crippen LogP contribution in [0.25, 0.3) is 10.2 Å². The third-order valence-corrected chi connectivity index (χ3v) is 4.93. The van der Waals surface area contributed by atoms with Gasteiger partial charge in [-0.25, -0.2) is 14.8 Å². The highest BCUT2D eigenvalue weighted by atomic mass is 32.1. The van der Waals surface area contributed by atoms with E-state index in [4.69, 9.17) is 9.84 Å². The number of benzene rings is 1. The van der Waals surface area contributed by atoms with Crippen LogP contribution in [0.15, 0.2) is 36.7 Å². The fourth-order valence-corrected chi connectivity index (χ4v) is 3.52. The summed E-state index contributed by atoms with van der Waals surface area (Å²) in [7, 11) is 0. The normalized spacial score (nSPS) is 10.8. The largest absolute Gasteiger partial charge is 0.457 e. The monoisotopic (exact) mass is 357 g/mol. The van der Waals surface area contributed by atoms with Crippen molar-refractivity contribution in [3.63, 3.8) is 0 Å². The molecule has 0 saturated carbocycles. The summed E-state index contributed by atoms with van der Waals surface area (Å²) in [5, 5.41) is 12.9. The standard InChI is InChI=1S/C18H19N3O3S/c1-12-14-16(19-8-5-9-22)20-11-21-17(14)25-15(12)18(23)24-10-13-6-3-2-4-7-13/h2-4,6-7,11,22H,5,8-10H2,1H3,(H,19,20,21). The number of thiophene rings is 1. The molecule has 0 fully saturated rings. The number of aromatic nitrogens is 2. The molecule has 1 aromatic carbocycles. The molecule has 25 heavy (non-hydrogen) atoms. The van der Waals surface area contributed by atoms with Gasteiger partial charge in [-0.15, -0.1) is 11.3 Å². The van der Waals surface area contributed by atoms with Crippen molar-refractivity contribution < 1.29 is 14.6 Å². The number of ether oxygens (including phenoxy) is 1. The Morgan fingerprint density at radius 1 is 1.28 bits per heavy atom. The lowest BCUT2D eigenvalue weighted by molar-refractivity contribution is 0.0478. The predicted octanol–water partition coefficient (Wildman–Crippen LogP) is 3.15. The number of anilines is 1. The van der Waals surface area contributed by atoms with Crippen molar-refractivity contribution in [2.24, 2.45) is 0 Å². The van der Waals surface area contributed by atoms with Gasteiger partial charge >= 0.3 is 5.97 Å². The van der Waals surface area contributed by atoms with E-state index in [1.54, 1.807) is 0 Å². The van der Waals surface area contributed by atoms with Crippen LogP contribution >= 0.6 is 11.3 Å². The van der Waals surface area contributed by atoms with Crippen molar-refractivity contribution in [1.29, 1.82) is 0 Å². The number of aryl methyl sites for hydroxylation is 1. The molecule has 7 heteroatoms. The Bertz CT molecular complexity index is 865. The first-order valence-corrected chi connectivity index (χ1v) is 8.82. The number of carbonyl (C=O) groups excluding carboxylic acids is 1. The third kappa shape index (κ3) is 3.94. The minimum atomic E-state index is -0.356. The molecule has 0 bridgehead atoms. The Labute approximate surface area is 149 Å². The van der Waals surface area contributed by atoms with Crippen LogP contribution in [0.2, 0.25) is 0 Å². The second-order valence-electron chi connectivity index (χ2n) is 5.52. The SMILES string of the molecule is Cc1c(C(=O)OCc2ccccc2)sc2ncnc(NCCCO)c12. The zero-order chi connectivity index (χ0) is 17.6. The van der Waals surface area contributed by atoms with Gasteiger partial charge in [-0.2, -0.15) is 0 Å². The molecular weight excluding hydrogens is 338 g/mol. The molecule has 0 saturated heterocycles. The first kappa shape index (κ1) is 17.3. The van der Waals surface area contributed by atoms with E-state index < -0.39 is 0 Å². The first-order chi connectivity index (χ1) is 12.2. The minimum Gasteiger partial charge on any atom is -0.457 e. The number of hydrogen-bond acceptors (Lipinski definition) is 7. The predicted molar refractivity (Wildman–Crippen MR) is 97.9 cm³/mol. The van der Waals surface area contributed by atoms with E-state index in [1.807, 2.05) is 37.3 Å². The molecule has 0 unspecified atom stereocenters. The smallest absolute Gasteiger partial charge is 0.349 e. The number of aliphatic hydroxyl groups is 1. The minimum absolute atomic E-state index is 0.112. The fraction of sp³-hybridized carbons (Fsp3) is 0.278. The lowest BCUT2D eigenvalue weighted by Crippen LogP contribution is -2.06. The summed E-state index contributed by atoms with van der Waals surface area (Å²) in [4.78, 5) is 22.3. The topological polar surface area (TPSA) is 84.3 Å². The maximum Gasteiger partial charge on any atom is 0.349 e. The van der Waals surface area contributed by atoms with Crippen LogP contribution in [0.3, 0.4) is 0 Å². The van der Waals surface area contributed by atoms with E-state index in [9.17, 15) is 4.79 Å². The van der Waals surface area contributed by atoms with E-state index in [0.717, 1.165) is 21.3 Å². The van der Waals surface area contributed by atoms with Crippen LogP contribution in [-0.4, -0.2) is 34.2 Å². The molecule has 0 atom stereocenters. The van der Waals surface area contributed by atoms with Crippen LogP contribution in [-0.2, 0) is 11.3 Å². The third-order valence-electron chi connectivity index (χ3n) is 3.75. The summed E-state index contributed by atoms with van der Waals surface area (Å²) in [6.45, 7) is 2.83. The van der Waals surface area contributed by atoms with Crippen LogP contribution in [0.5, 0.6) is 0 Å². The summed E-state index contributed by atoms with van der Waals surface area (Å²) >= 11 is 1.31. The van der Waals surface area contributed by atoms with Gasteiger partial charge in [0, 0.05) is 13.2 Å². The molecule has 0 aliphatic carbocycles. The van der Waals surface area contributed by atoms with E-state index >= 15 is 0 Å². The van der Waals surface area contributed by atoms with Crippen LogP contribution < -0.4 is 5.32 Å². The molecule has 3 rings (SSSR count). The van der Waals surface area contributed by atoms with Crippen molar-refractivity contribution in [2.75, 3.05) is 18.5 Å². The molecule has 2 heterocycles. The molecule has 0 aliphatic heterocycles. The highest BCUT2D eigenvalue weighted by molar-refractivity contribution is 7.20. The Balaban J connectivity index is 1.80. The molecule has 0 aliphatic rings. The second kappa shape index (κ2) is 8.04. The molecule has 0 amide bonds. The Kier molecular flexibility index (Phi) is 5.57. The molecular formula is C18H19N3O3S. The summed E-state index contributed by atoms with van der Waals surface area (Å²) in [5.41, 5.74) is 1.76. The highest BCUT2D eigenvalue weighted by Gasteiger charge is 2.20. The average molecular weight is 357 g/mol. The van der Waals surface area contributed by atoms with Gasteiger partial charge in [0.05, 0.1) is 5.39 Å². The van der Waals surface area contributed by atoms with Gasteiger partial charge in [-0.1, -0.05) is 30.3 Å². The Morgan fingerprint density at radius 2 is 2.08 bits per heavy atom. The number of nitrogens with one attached hydrogen (secondary N) is 1. The van der Waals surface area contributed by atoms with Gasteiger partial charge in [-0.05, 0) is 24.5 Å². The molecule has 6 nitrogen and oxygen atoms in total. The van der Waals surface area contributed by atoms with E-state index in [0.29, 0.717) is 23.7 Å². The van der Waals surface area contributed by atoms with Crippen molar-refractivity contribution in [3.8, 4) is 0 Å². The van der Waals surface area contributed by atoms with Gasteiger partial charge in [0.2, 0.25) is 0 Å². The Hall–Kier alpha value is -2.51. The Morgan fingerprint density at radius 3 is 2.84 bits per heavy atom. The second-order valence-corrected chi connectivity index (χ2v) is 6.52. The van der Waals surface area contributed by atoms with Gasteiger partial charge in [-0.3, -0.25) is 0 Å². The molecule has 130 valence electrons. The quantitative estimate of drug-likeness (QED) is 0.499. The number of aliphatic hydroxyl groups excluding tert-OH is 1. The van der Waals surface area contributed by atoms with E-state index in [-0.39, 0.29) is 19.2 Å². The van der Waals surface area contributed by atoms with Crippen LogP contribution in [0, 0.1) is 6.92 Å². The molecule has 2 N–H and O–H groups in total. The van der Waals surface area contributed by atoms with E-state index in [1.165, 1.54) is 17.7 Å². The maximum atomic E-state index is 12.5. The summed E-state index contributed by atoms with van der Waals surface area (Å²) in [6.07, 6.45) is 2.10. The average Bonchev–Trinajstić information content (AvgIpc) is 2.98. The maximum absolute atomic E-state index is 12.5.